The molecule has 1 aromatic carbocycles. The Morgan fingerprint density at radius 3 is 2.40 bits per heavy atom. The number of carboxylic acid groups (broad SMARTS) is 1. The van der Waals surface area contributed by atoms with Gasteiger partial charge in [-0.05, 0) is 25.0 Å². The molecule has 0 bridgehead atoms. The zero-order valence-corrected chi connectivity index (χ0v) is 11.4. The van der Waals surface area contributed by atoms with Crippen LogP contribution >= 0.6 is 0 Å². The van der Waals surface area contributed by atoms with E-state index in [0.29, 0.717) is 0 Å². The molecule has 0 spiro atoms. The molecule has 0 aliphatic heterocycles. The fourth-order valence-electron chi connectivity index (χ4n) is 2.66. The van der Waals surface area contributed by atoms with Gasteiger partial charge in [-0.3, -0.25) is 14.5 Å². The van der Waals surface area contributed by atoms with Gasteiger partial charge in [0.2, 0.25) is 5.91 Å². The van der Waals surface area contributed by atoms with Gasteiger partial charge in [0.15, 0.2) is 0 Å². The van der Waals surface area contributed by atoms with Crippen molar-refractivity contribution < 1.29 is 14.7 Å². The van der Waals surface area contributed by atoms with E-state index < -0.39 is 5.97 Å². The average molecular weight is 276 g/mol. The van der Waals surface area contributed by atoms with Gasteiger partial charge in [0, 0.05) is 11.7 Å². The minimum Gasteiger partial charge on any atom is -0.480 e. The van der Waals surface area contributed by atoms with Gasteiger partial charge in [-0.15, -0.1) is 0 Å². The molecule has 2 N–H and O–H groups in total. The number of amides is 1. The highest BCUT2D eigenvalue weighted by Gasteiger charge is 2.25. The van der Waals surface area contributed by atoms with Crippen molar-refractivity contribution >= 4 is 17.6 Å². The highest BCUT2D eigenvalue weighted by molar-refractivity contribution is 5.92. The molecule has 1 fully saturated rings. The molecule has 1 aliphatic rings. The van der Waals surface area contributed by atoms with Gasteiger partial charge in [0.1, 0.15) is 0 Å². The summed E-state index contributed by atoms with van der Waals surface area (Å²) >= 11 is 0. The Labute approximate surface area is 118 Å². The largest absolute Gasteiger partial charge is 0.480 e. The third-order valence-corrected chi connectivity index (χ3v) is 3.58. The minimum atomic E-state index is -0.885. The highest BCUT2D eigenvalue weighted by atomic mass is 16.4. The quantitative estimate of drug-likeness (QED) is 0.833. The summed E-state index contributed by atoms with van der Waals surface area (Å²) in [5.74, 6) is -1.05. The van der Waals surface area contributed by atoms with Crippen molar-refractivity contribution in [1.29, 1.82) is 0 Å². The first-order valence-electron chi connectivity index (χ1n) is 6.96. The first-order chi connectivity index (χ1) is 9.65. The number of hydrogen-bond acceptors (Lipinski definition) is 3. The number of aliphatic carboxylic acids is 1. The van der Waals surface area contributed by atoms with Crippen molar-refractivity contribution in [2.45, 2.75) is 31.7 Å². The van der Waals surface area contributed by atoms with E-state index in [0.717, 1.165) is 31.4 Å². The van der Waals surface area contributed by atoms with Gasteiger partial charge in [-0.1, -0.05) is 31.0 Å². The number of nitrogens with zero attached hydrogens (tertiary/aromatic N) is 1. The summed E-state index contributed by atoms with van der Waals surface area (Å²) in [5, 5.41) is 11.8. The fourth-order valence-corrected chi connectivity index (χ4v) is 2.66. The third kappa shape index (κ3) is 4.35. The van der Waals surface area contributed by atoms with E-state index in [1.165, 1.54) is 0 Å². The minimum absolute atomic E-state index is 0.0765. The van der Waals surface area contributed by atoms with Crippen molar-refractivity contribution in [3.63, 3.8) is 0 Å². The lowest BCUT2D eigenvalue weighted by Crippen LogP contribution is -2.42. The van der Waals surface area contributed by atoms with Crippen LogP contribution in [0.25, 0.3) is 0 Å². The zero-order valence-electron chi connectivity index (χ0n) is 11.4. The van der Waals surface area contributed by atoms with Crippen LogP contribution in [0.3, 0.4) is 0 Å². The second-order valence-electron chi connectivity index (χ2n) is 5.15. The number of carbonyl (C=O) groups excluding carboxylic acids is 1. The van der Waals surface area contributed by atoms with E-state index in [1.807, 2.05) is 30.3 Å². The zero-order chi connectivity index (χ0) is 14.4. The summed E-state index contributed by atoms with van der Waals surface area (Å²) in [6, 6.07) is 9.42. The van der Waals surface area contributed by atoms with Gasteiger partial charge in [-0.2, -0.15) is 0 Å². The Morgan fingerprint density at radius 1 is 1.15 bits per heavy atom. The maximum atomic E-state index is 12.0. The molecular formula is C15H20N2O3. The van der Waals surface area contributed by atoms with Crippen LogP contribution in [0.2, 0.25) is 0 Å². The van der Waals surface area contributed by atoms with Crippen molar-refractivity contribution in [3.8, 4) is 0 Å². The van der Waals surface area contributed by atoms with Crippen LogP contribution in [0.5, 0.6) is 0 Å². The number of rotatable bonds is 6. The predicted octanol–water partition coefficient (Wildman–Crippen LogP) is 1.95. The Balaban J connectivity index is 1.92. The highest BCUT2D eigenvalue weighted by Crippen LogP contribution is 2.23. The maximum absolute atomic E-state index is 12.0. The molecular weight excluding hydrogens is 256 g/mol. The molecule has 5 heteroatoms. The van der Waals surface area contributed by atoms with E-state index in [9.17, 15) is 9.59 Å². The van der Waals surface area contributed by atoms with Gasteiger partial charge in [-0.25, -0.2) is 0 Å². The predicted molar refractivity (Wildman–Crippen MR) is 76.5 cm³/mol. The SMILES string of the molecule is O=C(O)CN(CC(=O)Nc1ccccc1)C1CCCC1. The summed E-state index contributed by atoms with van der Waals surface area (Å²) in [4.78, 5) is 24.7. The van der Waals surface area contributed by atoms with Crippen LogP contribution in [0.4, 0.5) is 5.69 Å². The summed E-state index contributed by atoms with van der Waals surface area (Å²) in [5.41, 5.74) is 0.735. The molecule has 108 valence electrons. The van der Waals surface area contributed by atoms with E-state index in [-0.39, 0.29) is 25.0 Å². The second-order valence-corrected chi connectivity index (χ2v) is 5.15. The van der Waals surface area contributed by atoms with Crippen molar-refractivity contribution in [3.05, 3.63) is 30.3 Å². The Kier molecular flexibility index (Phi) is 5.12. The molecule has 0 unspecified atom stereocenters. The summed E-state index contributed by atoms with van der Waals surface area (Å²) < 4.78 is 0. The summed E-state index contributed by atoms with van der Waals surface area (Å²) in [6.45, 7) is 0.0543. The maximum Gasteiger partial charge on any atom is 0.317 e. The van der Waals surface area contributed by atoms with Crippen LogP contribution in [-0.2, 0) is 9.59 Å². The Hall–Kier alpha value is -1.88. The molecule has 0 aromatic heterocycles. The molecule has 0 radical (unpaired) electrons. The fraction of sp³-hybridized carbons (Fsp3) is 0.467. The standard InChI is InChI=1S/C15H20N2O3/c18-14(16-12-6-2-1-3-7-12)10-17(11-15(19)20)13-8-4-5-9-13/h1-3,6-7,13H,4-5,8-11H2,(H,16,18)(H,19,20). The van der Waals surface area contributed by atoms with Crippen molar-refractivity contribution in [2.24, 2.45) is 0 Å². The van der Waals surface area contributed by atoms with E-state index >= 15 is 0 Å². The Morgan fingerprint density at radius 2 is 1.80 bits per heavy atom. The number of anilines is 1. The van der Waals surface area contributed by atoms with Gasteiger partial charge in [0.25, 0.3) is 0 Å². The Bertz CT molecular complexity index is 455. The molecule has 20 heavy (non-hydrogen) atoms. The van der Waals surface area contributed by atoms with Crippen LogP contribution in [0, 0.1) is 0 Å². The second kappa shape index (κ2) is 7.05. The smallest absolute Gasteiger partial charge is 0.317 e. The van der Waals surface area contributed by atoms with E-state index in [2.05, 4.69) is 5.32 Å². The summed E-state index contributed by atoms with van der Waals surface area (Å²) in [7, 11) is 0. The molecule has 1 amide bonds. The number of para-hydroxylation sites is 1. The first-order valence-corrected chi connectivity index (χ1v) is 6.96. The molecule has 1 aromatic rings. The number of carboxylic acids is 1. The lowest BCUT2D eigenvalue weighted by molar-refractivity contribution is -0.139. The van der Waals surface area contributed by atoms with E-state index in [1.54, 1.807) is 4.90 Å². The molecule has 1 saturated carbocycles. The lowest BCUT2D eigenvalue weighted by Gasteiger charge is -2.26. The monoisotopic (exact) mass is 276 g/mol. The van der Waals surface area contributed by atoms with Gasteiger partial charge >= 0.3 is 5.97 Å². The molecule has 0 heterocycles. The number of nitrogens with one attached hydrogen (secondary N) is 1. The van der Waals surface area contributed by atoms with Crippen molar-refractivity contribution in [1.82, 2.24) is 4.90 Å². The van der Waals surface area contributed by atoms with Crippen LogP contribution in [0.15, 0.2) is 30.3 Å². The number of benzene rings is 1. The lowest BCUT2D eigenvalue weighted by atomic mass is 10.2. The van der Waals surface area contributed by atoms with E-state index in [4.69, 9.17) is 5.11 Å². The molecule has 0 atom stereocenters. The molecule has 0 saturated heterocycles. The normalized spacial score (nSPS) is 15.4. The molecule has 1 aliphatic carbocycles. The first kappa shape index (κ1) is 14.5. The van der Waals surface area contributed by atoms with Crippen LogP contribution < -0.4 is 5.32 Å². The van der Waals surface area contributed by atoms with Gasteiger partial charge in [0.05, 0.1) is 13.1 Å². The summed E-state index contributed by atoms with van der Waals surface area (Å²) in [6.07, 6.45) is 4.18. The van der Waals surface area contributed by atoms with Crippen molar-refractivity contribution in [2.75, 3.05) is 18.4 Å². The number of carbonyl (C=O) groups is 2. The third-order valence-electron chi connectivity index (χ3n) is 3.58. The van der Waals surface area contributed by atoms with Crippen LogP contribution in [0.1, 0.15) is 25.7 Å². The number of hydrogen-bond donors (Lipinski definition) is 2. The van der Waals surface area contributed by atoms with Gasteiger partial charge < -0.3 is 10.4 Å². The molecule has 2 rings (SSSR count). The topological polar surface area (TPSA) is 69.6 Å². The molecule has 5 nitrogen and oxygen atoms in total. The average Bonchev–Trinajstić information content (AvgIpc) is 2.92. The van der Waals surface area contributed by atoms with Crippen LogP contribution in [-0.4, -0.2) is 41.0 Å².